The second-order valence-corrected chi connectivity index (χ2v) is 5.44. The molecule has 1 aromatic carbocycles. The number of nitrogens with zero attached hydrogens (tertiary/aromatic N) is 1. The fraction of sp³-hybridized carbons (Fsp3) is 0.625. The van der Waals surface area contributed by atoms with Gasteiger partial charge in [-0.2, -0.15) is 0 Å². The van der Waals surface area contributed by atoms with E-state index in [1.54, 1.807) is 0 Å². The highest BCUT2D eigenvalue weighted by Crippen LogP contribution is 2.14. The van der Waals surface area contributed by atoms with Crippen molar-refractivity contribution in [3.8, 4) is 5.75 Å². The molecule has 21 heavy (non-hydrogen) atoms. The Hall–Kier alpha value is -1.14. The van der Waals surface area contributed by atoms with E-state index in [-0.39, 0.29) is 0 Å². The molecule has 0 spiro atoms. The number of rotatable bonds is 7. The quantitative estimate of drug-likeness (QED) is 0.785. The Bertz CT molecular complexity index is 410. The molecule has 2 atom stereocenters. The number of hydrogen-bond donors (Lipinski definition) is 2. The van der Waals surface area contributed by atoms with Gasteiger partial charge in [0.05, 0.1) is 13.2 Å². The van der Waals surface area contributed by atoms with Crippen molar-refractivity contribution in [2.75, 3.05) is 32.9 Å². The van der Waals surface area contributed by atoms with Gasteiger partial charge in [0.25, 0.3) is 0 Å². The van der Waals surface area contributed by atoms with Gasteiger partial charge < -0.3 is 20.3 Å². The highest BCUT2D eigenvalue weighted by Gasteiger charge is 2.23. The monoisotopic (exact) mass is 294 g/mol. The standard InChI is InChI=1S/C16H26N2O3/c1-2-14-11-20-8-7-18(14)10-15(19)12-21-16-5-3-13(9-17)4-6-16/h3-6,14-15,19H,2,7-12,17H2,1H3. The van der Waals surface area contributed by atoms with Gasteiger partial charge in [0.15, 0.2) is 0 Å². The van der Waals surface area contributed by atoms with Gasteiger partial charge in [-0.05, 0) is 24.1 Å². The summed E-state index contributed by atoms with van der Waals surface area (Å²) in [6.45, 7) is 5.97. The van der Waals surface area contributed by atoms with Crippen LogP contribution in [0.4, 0.5) is 0 Å². The minimum absolute atomic E-state index is 0.301. The van der Waals surface area contributed by atoms with Crippen LogP contribution in [0, 0.1) is 0 Å². The van der Waals surface area contributed by atoms with Crippen LogP contribution < -0.4 is 10.5 Å². The van der Waals surface area contributed by atoms with Gasteiger partial charge in [0.1, 0.15) is 18.5 Å². The minimum Gasteiger partial charge on any atom is -0.491 e. The van der Waals surface area contributed by atoms with Crippen LogP contribution in [0.1, 0.15) is 18.9 Å². The molecule has 0 aromatic heterocycles. The molecule has 1 saturated heterocycles. The molecule has 1 fully saturated rings. The van der Waals surface area contributed by atoms with Crippen LogP contribution in [-0.2, 0) is 11.3 Å². The lowest BCUT2D eigenvalue weighted by Crippen LogP contribution is -2.49. The summed E-state index contributed by atoms with van der Waals surface area (Å²) in [6.07, 6.45) is 0.542. The highest BCUT2D eigenvalue weighted by atomic mass is 16.5. The summed E-state index contributed by atoms with van der Waals surface area (Å²) in [5, 5.41) is 10.1. The molecule has 5 heteroatoms. The Morgan fingerprint density at radius 1 is 1.43 bits per heavy atom. The Labute approximate surface area is 126 Å². The largest absolute Gasteiger partial charge is 0.491 e. The Morgan fingerprint density at radius 2 is 2.19 bits per heavy atom. The van der Waals surface area contributed by atoms with Crippen LogP contribution in [-0.4, -0.2) is 55.1 Å². The number of nitrogens with two attached hydrogens (primary N) is 1. The van der Waals surface area contributed by atoms with Crippen molar-refractivity contribution in [2.24, 2.45) is 5.73 Å². The minimum atomic E-state index is -0.494. The number of aliphatic hydroxyl groups is 1. The third kappa shape index (κ3) is 4.97. The molecular formula is C16H26N2O3. The lowest BCUT2D eigenvalue weighted by atomic mass is 10.1. The van der Waals surface area contributed by atoms with Crippen molar-refractivity contribution in [1.82, 2.24) is 4.90 Å². The molecular weight excluding hydrogens is 268 g/mol. The van der Waals surface area contributed by atoms with Crippen LogP contribution in [0.5, 0.6) is 5.75 Å². The van der Waals surface area contributed by atoms with Crippen molar-refractivity contribution in [3.63, 3.8) is 0 Å². The summed E-state index contributed by atoms with van der Waals surface area (Å²) in [7, 11) is 0. The number of morpholine rings is 1. The summed E-state index contributed by atoms with van der Waals surface area (Å²) >= 11 is 0. The van der Waals surface area contributed by atoms with E-state index in [9.17, 15) is 5.11 Å². The van der Waals surface area contributed by atoms with E-state index in [1.165, 1.54) is 0 Å². The number of hydrogen-bond acceptors (Lipinski definition) is 5. The number of benzene rings is 1. The first-order valence-electron chi connectivity index (χ1n) is 7.64. The van der Waals surface area contributed by atoms with Gasteiger partial charge in [0, 0.05) is 25.7 Å². The molecule has 0 radical (unpaired) electrons. The molecule has 1 heterocycles. The first-order valence-corrected chi connectivity index (χ1v) is 7.64. The molecule has 0 amide bonds. The summed E-state index contributed by atoms with van der Waals surface area (Å²) in [5.41, 5.74) is 6.63. The van der Waals surface area contributed by atoms with Gasteiger partial charge in [-0.25, -0.2) is 0 Å². The smallest absolute Gasteiger partial charge is 0.119 e. The summed E-state index contributed by atoms with van der Waals surface area (Å²) in [5.74, 6) is 0.764. The van der Waals surface area contributed by atoms with Crippen LogP contribution in [0.25, 0.3) is 0 Å². The highest BCUT2D eigenvalue weighted by molar-refractivity contribution is 5.27. The van der Waals surface area contributed by atoms with Crippen molar-refractivity contribution in [2.45, 2.75) is 32.0 Å². The molecule has 3 N–H and O–H groups in total. The first kappa shape index (κ1) is 16.2. The maximum atomic E-state index is 10.1. The molecule has 118 valence electrons. The van der Waals surface area contributed by atoms with Crippen molar-refractivity contribution in [1.29, 1.82) is 0 Å². The van der Waals surface area contributed by atoms with Gasteiger partial charge >= 0.3 is 0 Å². The summed E-state index contributed by atoms with van der Waals surface area (Å²) in [6, 6.07) is 8.06. The lowest BCUT2D eigenvalue weighted by molar-refractivity contribution is -0.0333. The van der Waals surface area contributed by atoms with E-state index in [4.69, 9.17) is 15.2 Å². The van der Waals surface area contributed by atoms with E-state index in [0.29, 0.717) is 25.7 Å². The van der Waals surface area contributed by atoms with Crippen molar-refractivity contribution < 1.29 is 14.6 Å². The molecule has 5 nitrogen and oxygen atoms in total. The van der Waals surface area contributed by atoms with Crippen LogP contribution in [0.15, 0.2) is 24.3 Å². The van der Waals surface area contributed by atoms with Crippen LogP contribution in [0.2, 0.25) is 0 Å². The SMILES string of the molecule is CCC1COCCN1CC(O)COc1ccc(CN)cc1. The van der Waals surface area contributed by atoms with E-state index >= 15 is 0 Å². The molecule has 0 saturated carbocycles. The maximum absolute atomic E-state index is 10.1. The zero-order chi connectivity index (χ0) is 15.1. The number of β-amino-alcohol motifs (C(OH)–C–C–N with tert-alkyl or cyclic N) is 1. The first-order chi connectivity index (χ1) is 10.2. The molecule has 1 aliphatic heterocycles. The zero-order valence-corrected chi connectivity index (χ0v) is 12.7. The Kier molecular flexibility index (Phi) is 6.45. The second kappa shape index (κ2) is 8.34. The normalized spacial score (nSPS) is 21.2. The fourth-order valence-corrected chi connectivity index (χ4v) is 2.54. The van der Waals surface area contributed by atoms with E-state index in [1.807, 2.05) is 24.3 Å². The van der Waals surface area contributed by atoms with E-state index in [2.05, 4.69) is 11.8 Å². The fourth-order valence-electron chi connectivity index (χ4n) is 2.54. The van der Waals surface area contributed by atoms with Gasteiger partial charge in [-0.15, -0.1) is 0 Å². The van der Waals surface area contributed by atoms with E-state index in [0.717, 1.165) is 37.5 Å². The second-order valence-electron chi connectivity index (χ2n) is 5.44. The Morgan fingerprint density at radius 3 is 2.86 bits per heavy atom. The molecule has 1 aromatic rings. The molecule has 0 aliphatic carbocycles. The Balaban J connectivity index is 1.76. The molecule has 2 unspecified atom stereocenters. The molecule has 2 rings (SSSR count). The third-order valence-electron chi connectivity index (χ3n) is 3.87. The average Bonchev–Trinajstić information content (AvgIpc) is 2.54. The van der Waals surface area contributed by atoms with Gasteiger partial charge in [0.2, 0.25) is 0 Å². The van der Waals surface area contributed by atoms with Gasteiger partial charge in [-0.1, -0.05) is 19.1 Å². The molecule has 0 bridgehead atoms. The van der Waals surface area contributed by atoms with Crippen molar-refractivity contribution >= 4 is 0 Å². The van der Waals surface area contributed by atoms with Crippen molar-refractivity contribution in [3.05, 3.63) is 29.8 Å². The summed E-state index contributed by atoms with van der Waals surface area (Å²) < 4.78 is 11.1. The topological polar surface area (TPSA) is 68.0 Å². The lowest BCUT2D eigenvalue weighted by Gasteiger charge is -2.36. The van der Waals surface area contributed by atoms with Gasteiger partial charge in [-0.3, -0.25) is 4.90 Å². The number of aliphatic hydroxyl groups excluding tert-OH is 1. The predicted molar refractivity (Wildman–Crippen MR) is 82.3 cm³/mol. The summed E-state index contributed by atoms with van der Waals surface area (Å²) in [4.78, 5) is 2.29. The van der Waals surface area contributed by atoms with Crippen LogP contribution >= 0.6 is 0 Å². The molecule has 1 aliphatic rings. The average molecular weight is 294 g/mol. The zero-order valence-electron chi connectivity index (χ0n) is 12.7. The van der Waals surface area contributed by atoms with Crippen LogP contribution in [0.3, 0.4) is 0 Å². The maximum Gasteiger partial charge on any atom is 0.119 e. The number of ether oxygens (including phenoxy) is 2. The predicted octanol–water partition coefficient (Wildman–Crippen LogP) is 0.996. The van der Waals surface area contributed by atoms with E-state index < -0.39 is 6.10 Å². The third-order valence-corrected chi connectivity index (χ3v) is 3.87.